The van der Waals surface area contributed by atoms with E-state index < -0.39 is 0 Å². The Morgan fingerprint density at radius 1 is 0.569 bits per heavy atom. The smallest absolute Gasteiger partial charge is 0.252 e. The molecule has 0 radical (unpaired) electrons. The second-order valence-electron chi connectivity index (χ2n) is 15.6. The number of para-hydroxylation sites is 2. The van der Waals surface area contributed by atoms with Crippen LogP contribution in [0.3, 0.4) is 0 Å². The molecule has 9 heteroatoms. The molecule has 8 heterocycles. The Morgan fingerprint density at radius 3 is 2.17 bits per heavy atom. The van der Waals surface area contributed by atoms with Gasteiger partial charge in [0.1, 0.15) is 11.2 Å². The minimum atomic E-state index is -0.0479. The number of rotatable bonds is 3. The molecule has 14 rings (SSSR count). The fourth-order valence-corrected chi connectivity index (χ4v) is 10.7. The Morgan fingerprint density at radius 2 is 1.31 bits per heavy atom. The lowest BCUT2D eigenvalue weighted by Gasteiger charge is -2.35. The molecule has 268 valence electrons. The van der Waals surface area contributed by atoms with Gasteiger partial charge in [-0.3, -0.25) is 19.1 Å². The normalized spacial score (nSPS) is 14.6. The highest BCUT2D eigenvalue weighted by Gasteiger charge is 2.45. The van der Waals surface area contributed by atoms with E-state index in [1.165, 1.54) is 55.4 Å². The molecule has 2 aliphatic heterocycles. The summed E-state index contributed by atoms with van der Waals surface area (Å²) in [7, 11) is 0. The van der Waals surface area contributed by atoms with Gasteiger partial charge in [0.05, 0.1) is 21.9 Å². The second kappa shape index (κ2) is 11.0. The Labute approximate surface area is 331 Å². The standard InChI is InChI=1S/C49H29BN8/c1-3-11-28(12-4-1)34-25-29-13-7-8-16-32(29)39-42-46-36(19-22-51-42)50-35-18-9-17-33-40-43-48(55-24-23-52-43)56(31-14-5-2-6-15-31)49(40)58(44(33)35)38-27-30(47-53-20-10-21-54-47)26-37(41(38)50)57(46)45(34)39/h1-24,26-27,34H,25H2. The van der Waals surface area contributed by atoms with Crippen molar-refractivity contribution in [2.45, 2.75) is 12.3 Å². The third-order valence-corrected chi connectivity index (χ3v) is 12.9. The van der Waals surface area contributed by atoms with Gasteiger partial charge in [-0.25, -0.2) is 15.0 Å². The minimum Gasteiger partial charge on any atom is -0.312 e. The fraction of sp³-hybridized carbons (Fsp3) is 0.0408. The lowest BCUT2D eigenvalue weighted by molar-refractivity contribution is 0.746. The van der Waals surface area contributed by atoms with Crippen LogP contribution in [0.5, 0.6) is 0 Å². The number of hydrogen-bond donors (Lipinski definition) is 0. The average Bonchev–Trinajstić information content (AvgIpc) is 3.94. The van der Waals surface area contributed by atoms with Crippen LogP contribution in [-0.4, -0.2) is 45.3 Å². The monoisotopic (exact) mass is 740 g/mol. The summed E-state index contributed by atoms with van der Waals surface area (Å²) in [5.74, 6) is 0.790. The van der Waals surface area contributed by atoms with E-state index in [1.54, 1.807) is 6.20 Å². The SMILES string of the molecule is c1ccc(C2Cc3ccccc3-c3c2n2c4c(ccnc34)B3c4c-2cc(-c2ncccn2)cc4-n2c4c3cccc4c3c4nccnc4n(-c4ccccc4)c32)cc1. The van der Waals surface area contributed by atoms with E-state index in [4.69, 9.17) is 24.9 Å². The second-order valence-corrected chi connectivity index (χ2v) is 15.6. The molecule has 5 aromatic carbocycles. The van der Waals surface area contributed by atoms with Crippen LogP contribution in [0, 0.1) is 0 Å². The lowest BCUT2D eigenvalue weighted by atomic mass is 9.34. The Hall–Kier alpha value is -7.65. The van der Waals surface area contributed by atoms with Crippen molar-refractivity contribution in [2.75, 3.05) is 0 Å². The largest absolute Gasteiger partial charge is 0.312 e. The first-order chi connectivity index (χ1) is 28.8. The maximum Gasteiger partial charge on any atom is 0.252 e. The molecule has 58 heavy (non-hydrogen) atoms. The highest BCUT2D eigenvalue weighted by molar-refractivity contribution is 7.00. The van der Waals surface area contributed by atoms with Crippen molar-refractivity contribution in [1.82, 2.24) is 38.6 Å². The summed E-state index contributed by atoms with van der Waals surface area (Å²) in [5, 5.41) is 2.25. The van der Waals surface area contributed by atoms with Crippen molar-refractivity contribution >= 4 is 67.2 Å². The van der Waals surface area contributed by atoms with E-state index in [1.807, 2.05) is 30.9 Å². The summed E-state index contributed by atoms with van der Waals surface area (Å²) in [6, 6.07) is 46.1. The van der Waals surface area contributed by atoms with Crippen molar-refractivity contribution in [2.24, 2.45) is 0 Å². The number of benzene rings is 5. The first kappa shape index (κ1) is 30.6. The first-order valence-corrected chi connectivity index (χ1v) is 19.8. The van der Waals surface area contributed by atoms with Crippen LogP contribution in [0.25, 0.3) is 83.7 Å². The molecule has 8 nitrogen and oxygen atoms in total. The molecule has 1 atom stereocenters. The van der Waals surface area contributed by atoms with Gasteiger partial charge in [-0.1, -0.05) is 91.0 Å². The lowest BCUT2D eigenvalue weighted by Crippen LogP contribution is -2.59. The van der Waals surface area contributed by atoms with E-state index in [-0.39, 0.29) is 12.6 Å². The maximum atomic E-state index is 5.28. The molecule has 0 saturated carbocycles. The van der Waals surface area contributed by atoms with Crippen molar-refractivity contribution in [3.63, 3.8) is 0 Å². The van der Waals surface area contributed by atoms with E-state index in [0.29, 0.717) is 5.82 Å². The molecule has 1 aliphatic carbocycles. The molecular formula is C49H29BN8. The van der Waals surface area contributed by atoms with Crippen LogP contribution in [0.4, 0.5) is 0 Å². The van der Waals surface area contributed by atoms with E-state index in [2.05, 4.69) is 135 Å². The summed E-state index contributed by atoms with van der Waals surface area (Å²) in [6.07, 6.45) is 10.2. The van der Waals surface area contributed by atoms with Crippen molar-refractivity contribution in [1.29, 1.82) is 0 Å². The van der Waals surface area contributed by atoms with Crippen LogP contribution in [-0.2, 0) is 6.42 Å². The summed E-state index contributed by atoms with van der Waals surface area (Å²) in [6.45, 7) is -0.0479. The van der Waals surface area contributed by atoms with Crippen LogP contribution in [0.15, 0.2) is 158 Å². The predicted octanol–water partition coefficient (Wildman–Crippen LogP) is 7.81. The van der Waals surface area contributed by atoms with Crippen LogP contribution in [0.1, 0.15) is 22.7 Å². The topological polar surface area (TPSA) is 79.2 Å². The minimum absolute atomic E-state index is 0.0479. The third kappa shape index (κ3) is 3.74. The van der Waals surface area contributed by atoms with Gasteiger partial charge in [-0.2, -0.15) is 0 Å². The number of fused-ring (bicyclic) bond motifs is 14. The molecule has 0 amide bonds. The molecular weight excluding hydrogens is 711 g/mol. The van der Waals surface area contributed by atoms with Gasteiger partial charge >= 0.3 is 0 Å². The molecule has 1 unspecified atom stereocenters. The van der Waals surface area contributed by atoms with Gasteiger partial charge in [0, 0.05) is 76.2 Å². The van der Waals surface area contributed by atoms with Crippen LogP contribution < -0.4 is 16.4 Å². The van der Waals surface area contributed by atoms with E-state index >= 15 is 0 Å². The van der Waals surface area contributed by atoms with E-state index in [9.17, 15) is 0 Å². The molecule has 11 aromatic rings. The third-order valence-electron chi connectivity index (χ3n) is 12.9. The van der Waals surface area contributed by atoms with Crippen LogP contribution >= 0.6 is 0 Å². The first-order valence-electron chi connectivity index (χ1n) is 19.8. The molecule has 0 bridgehead atoms. The summed E-state index contributed by atoms with van der Waals surface area (Å²) >= 11 is 0. The number of nitrogens with zero attached hydrogens (tertiary/aromatic N) is 8. The number of aromatic nitrogens is 8. The fourth-order valence-electron chi connectivity index (χ4n) is 10.7. The molecule has 0 saturated heterocycles. The zero-order valence-electron chi connectivity index (χ0n) is 31.0. The zero-order valence-corrected chi connectivity index (χ0v) is 31.0. The van der Waals surface area contributed by atoms with Crippen molar-refractivity contribution in [3.05, 3.63) is 175 Å². The number of pyridine rings is 1. The summed E-state index contributed by atoms with van der Waals surface area (Å²) in [5.41, 5.74) is 20.6. The summed E-state index contributed by atoms with van der Waals surface area (Å²) in [4.78, 5) is 25.0. The molecule has 0 N–H and O–H groups in total. The molecule has 0 spiro atoms. The van der Waals surface area contributed by atoms with Gasteiger partial charge in [0.15, 0.2) is 11.5 Å². The van der Waals surface area contributed by atoms with Gasteiger partial charge in [0.2, 0.25) is 0 Å². The Balaban J connectivity index is 1.21. The Bertz CT molecular complexity index is 3550. The zero-order chi connectivity index (χ0) is 37.6. The van der Waals surface area contributed by atoms with Gasteiger partial charge in [-0.05, 0) is 75.9 Å². The highest BCUT2D eigenvalue weighted by Crippen LogP contribution is 2.50. The van der Waals surface area contributed by atoms with Crippen molar-refractivity contribution in [3.8, 4) is 39.6 Å². The Kier molecular flexibility index (Phi) is 5.80. The quantitative estimate of drug-likeness (QED) is 0.173. The number of hydrogen-bond acceptors (Lipinski definition) is 5. The van der Waals surface area contributed by atoms with Gasteiger partial charge in [-0.15, -0.1) is 0 Å². The highest BCUT2D eigenvalue weighted by atomic mass is 15.2. The van der Waals surface area contributed by atoms with Gasteiger partial charge in [0.25, 0.3) is 6.71 Å². The maximum absolute atomic E-state index is 5.28. The molecule has 6 aromatic heterocycles. The van der Waals surface area contributed by atoms with Gasteiger partial charge < -0.3 is 4.57 Å². The predicted molar refractivity (Wildman–Crippen MR) is 231 cm³/mol. The average molecular weight is 741 g/mol. The van der Waals surface area contributed by atoms with E-state index in [0.717, 1.165) is 62.1 Å². The summed E-state index contributed by atoms with van der Waals surface area (Å²) < 4.78 is 7.35. The molecule has 3 aliphatic rings. The molecule has 0 fully saturated rings. The van der Waals surface area contributed by atoms with Crippen molar-refractivity contribution < 1.29 is 0 Å². The van der Waals surface area contributed by atoms with Crippen LogP contribution in [0.2, 0.25) is 0 Å².